The van der Waals surface area contributed by atoms with E-state index in [0.29, 0.717) is 6.42 Å². The van der Waals surface area contributed by atoms with E-state index < -0.39 is 14.6 Å². The van der Waals surface area contributed by atoms with Gasteiger partial charge >= 0.3 is 0 Å². The molecule has 0 radical (unpaired) electrons. The maximum Gasteiger partial charge on any atom is 0.221 e. The highest BCUT2D eigenvalue weighted by atomic mass is 32.2. The molecule has 0 unspecified atom stereocenters. The van der Waals surface area contributed by atoms with E-state index in [1.54, 1.807) is 13.8 Å². The van der Waals surface area contributed by atoms with Gasteiger partial charge in [0.1, 0.15) is 0 Å². The van der Waals surface area contributed by atoms with Gasteiger partial charge in [0.15, 0.2) is 9.84 Å². The highest BCUT2D eigenvalue weighted by molar-refractivity contribution is 7.92. The molecule has 1 aliphatic rings. The number of hydrogen-bond acceptors (Lipinski definition) is 4. The minimum absolute atomic E-state index is 0.0713. The quantitative estimate of drug-likeness (QED) is 0.774. The number of sulfone groups is 1. The van der Waals surface area contributed by atoms with Crippen LogP contribution in [-0.4, -0.2) is 44.5 Å². The number of amides is 1. The maximum absolute atomic E-state index is 12.1. The van der Waals surface area contributed by atoms with Crippen molar-refractivity contribution in [2.45, 2.75) is 62.7 Å². The van der Waals surface area contributed by atoms with E-state index in [4.69, 9.17) is 0 Å². The molecule has 0 aromatic heterocycles. The average molecular weight is 304 g/mol. The Morgan fingerprint density at radius 2 is 1.75 bits per heavy atom. The third kappa shape index (κ3) is 4.45. The van der Waals surface area contributed by atoms with Crippen molar-refractivity contribution in [3.8, 4) is 0 Å². The fraction of sp³-hybridized carbons (Fsp3) is 0.929. The first-order chi connectivity index (χ1) is 9.12. The topological polar surface area (TPSA) is 75.3 Å². The van der Waals surface area contributed by atoms with Crippen LogP contribution in [0.25, 0.3) is 0 Å². The Labute approximate surface area is 122 Å². The van der Waals surface area contributed by atoms with Crippen molar-refractivity contribution in [1.29, 1.82) is 0 Å². The summed E-state index contributed by atoms with van der Waals surface area (Å²) in [5.41, 5.74) is -0.114. The third-order valence-corrected chi connectivity index (χ3v) is 6.71. The van der Waals surface area contributed by atoms with Gasteiger partial charge in [0.05, 0.1) is 4.75 Å². The summed E-state index contributed by atoms with van der Waals surface area (Å²) in [7, 11) is -1.28. The second-order valence-corrected chi connectivity index (χ2v) is 9.23. The lowest BCUT2D eigenvalue weighted by Gasteiger charge is -2.37. The van der Waals surface area contributed by atoms with E-state index in [1.165, 1.54) is 12.7 Å². The van der Waals surface area contributed by atoms with Crippen LogP contribution < -0.4 is 10.6 Å². The fourth-order valence-electron chi connectivity index (χ4n) is 2.56. The van der Waals surface area contributed by atoms with Crippen LogP contribution in [0.2, 0.25) is 0 Å². The molecular formula is C14H28N2O3S. The summed E-state index contributed by atoms with van der Waals surface area (Å²) in [5, 5.41) is 6.07. The van der Waals surface area contributed by atoms with Crippen molar-refractivity contribution >= 4 is 15.7 Å². The molecule has 1 aliphatic carbocycles. The molecule has 0 heterocycles. The van der Waals surface area contributed by atoms with E-state index in [9.17, 15) is 13.2 Å². The summed E-state index contributed by atoms with van der Waals surface area (Å²) < 4.78 is 22.3. The zero-order valence-electron chi connectivity index (χ0n) is 13.1. The molecule has 5 nitrogen and oxygen atoms in total. The number of nitrogens with one attached hydrogen (secondary N) is 2. The summed E-state index contributed by atoms with van der Waals surface area (Å²) in [5.74, 6) is -0.0713. The van der Waals surface area contributed by atoms with Gasteiger partial charge in [-0.2, -0.15) is 0 Å². The molecule has 20 heavy (non-hydrogen) atoms. The summed E-state index contributed by atoms with van der Waals surface area (Å²) >= 11 is 0. The van der Waals surface area contributed by atoms with E-state index in [-0.39, 0.29) is 18.0 Å². The monoisotopic (exact) mass is 304 g/mol. The van der Waals surface area contributed by atoms with Crippen molar-refractivity contribution in [3.63, 3.8) is 0 Å². The molecule has 0 aromatic carbocycles. The van der Waals surface area contributed by atoms with Crippen LogP contribution in [0.3, 0.4) is 0 Å². The smallest absolute Gasteiger partial charge is 0.221 e. The molecule has 1 fully saturated rings. The molecule has 1 saturated carbocycles. The number of rotatable bonds is 6. The first-order valence-electron chi connectivity index (χ1n) is 7.27. The molecular weight excluding hydrogens is 276 g/mol. The van der Waals surface area contributed by atoms with Crippen molar-refractivity contribution in [2.24, 2.45) is 0 Å². The average Bonchev–Trinajstić information content (AvgIpc) is 2.36. The molecule has 6 heteroatoms. The van der Waals surface area contributed by atoms with E-state index in [2.05, 4.69) is 10.6 Å². The molecule has 0 bridgehead atoms. The van der Waals surface area contributed by atoms with Crippen LogP contribution in [0, 0.1) is 0 Å². The number of carbonyl (C=O) groups excluding carboxylic acids is 1. The molecule has 2 N–H and O–H groups in total. The zero-order valence-corrected chi connectivity index (χ0v) is 13.9. The van der Waals surface area contributed by atoms with Crippen molar-refractivity contribution in [1.82, 2.24) is 10.6 Å². The molecule has 0 atom stereocenters. The van der Waals surface area contributed by atoms with Crippen molar-refractivity contribution in [2.75, 3.05) is 19.8 Å². The standard InChI is InChI=1S/C14H28N2O3S/c1-13(2,20(4,18)19)11-16-12(17)10-14(15-3)8-6-5-7-9-14/h15H,5-11H2,1-4H3,(H,16,17). The normalized spacial score (nSPS) is 19.6. The first-order valence-corrected chi connectivity index (χ1v) is 9.16. The molecule has 1 amide bonds. The van der Waals surface area contributed by atoms with Crippen LogP contribution in [0.15, 0.2) is 0 Å². The summed E-state index contributed by atoms with van der Waals surface area (Å²) in [6.45, 7) is 3.43. The van der Waals surface area contributed by atoms with Gasteiger partial charge in [0, 0.05) is 24.8 Å². The molecule has 0 aliphatic heterocycles. The molecule has 0 saturated heterocycles. The largest absolute Gasteiger partial charge is 0.354 e. The summed E-state index contributed by atoms with van der Waals surface area (Å²) in [6.07, 6.45) is 7.15. The van der Waals surface area contributed by atoms with Crippen LogP contribution in [0.5, 0.6) is 0 Å². The Bertz CT molecular complexity index is 437. The Kier molecular flexibility index (Phi) is 5.61. The highest BCUT2D eigenvalue weighted by Crippen LogP contribution is 2.30. The van der Waals surface area contributed by atoms with Gasteiger partial charge in [0.25, 0.3) is 0 Å². The Balaban J connectivity index is 2.55. The Morgan fingerprint density at radius 3 is 2.20 bits per heavy atom. The Hall–Kier alpha value is -0.620. The molecule has 118 valence electrons. The van der Waals surface area contributed by atoms with Gasteiger partial charge in [-0.05, 0) is 33.7 Å². The van der Waals surface area contributed by atoms with Gasteiger partial charge in [-0.25, -0.2) is 8.42 Å². The van der Waals surface area contributed by atoms with Crippen LogP contribution in [-0.2, 0) is 14.6 Å². The molecule has 1 rings (SSSR count). The molecule has 0 spiro atoms. The SMILES string of the molecule is CNC1(CC(=O)NCC(C)(C)S(C)(=O)=O)CCCCC1. The lowest BCUT2D eigenvalue weighted by Crippen LogP contribution is -2.50. The summed E-state index contributed by atoms with van der Waals surface area (Å²) in [6, 6.07) is 0. The number of carbonyl (C=O) groups is 1. The lowest BCUT2D eigenvalue weighted by molar-refractivity contribution is -0.123. The second kappa shape index (κ2) is 6.43. The molecule has 0 aromatic rings. The lowest BCUT2D eigenvalue weighted by atomic mass is 9.79. The second-order valence-electron chi connectivity index (χ2n) is 6.58. The highest BCUT2D eigenvalue weighted by Gasteiger charge is 2.34. The van der Waals surface area contributed by atoms with Crippen LogP contribution >= 0.6 is 0 Å². The minimum Gasteiger partial charge on any atom is -0.354 e. The zero-order chi connectivity index (χ0) is 15.4. The van der Waals surface area contributed by atoms with Gasteiger partial charge < -0.3 is 10.6 Å². The van der Waals surface area contributed by atoms with E-state index in [1.807, 2.05) is 7.05 Å². The number of hydrogen-bond donors (Lipinski definition) is 2. The van der Waals surface area contributed by atoms with E-state index >= 15 is 0 Å². The van der Waals surface area contributed by atoms with Crippen LogP contribution in [0.1, 0.15) is 52.4 Å². The van der Waals surface area contributed by atoms with Gasteiger partial charge in [-0.1, -0.05) is 19.3 Å². The van der Waals surface area contributed by atoms with E-state index in [0.717, 1.165) is 25.7 Å². The van der Waals surface area contributed by atoms with Crippen LogP contribution in [0.4, 0.5) is 0 Å². The minimum atomic E-state index is -3.18. The van der Waals surface area contributed by atoms with Gasteiger partial charge in [0.2, 0.25) is 5.91 Å². The maximum atomic E-state index is 12.1. The van der Waals surface area contributed by atoms with Gasteiger partial charge in [-0.3, -0.25) is 4.79 Å². The van der Waals surface area contributed by atoms with Crippen molar-refractivity contribution < 1.29 is 13.2 Å². The predicted octanol–water partition coefficient (Wildman–Crippen LogP) is 1.24. The van der Waals surface area contributed by atoms with Gasteiger partial charge in [-0.15, -0.1) is 0 Å². The fourth-order valence-corrected chi connectivity index (χ4v) is 2.89. The first kappa shape index (κ1) is 17.4. The third-order valence-electron chi connectivity index (χ3n) is 4.55. The Morgan fingerprint density at radius 1 is 1.20 bits per heavy atom. The van der Waals surface area contributed by atoms with Crippen molar-refractivity contribution in [3.05, 3.63) is 0 Å². The predicted molar refractivity (Wildman–Crippen MR) is 81.4 cm³/mol. The summed E-state index contributed by atoms with van der Waals surface area (Å²) in [4.78, 5) is 12.1.